The molecule has 0 saturated heterocycles. The topological polar surface area (TPSA) is 123 Å². The van der Waals surface area contributed by atoms with E-state index < -0.39 is 12.1 Å². The molecule has 8 heteroatoms. The molecule has 2 amide bonds. The van der Waals surface area contributed by atoms with E-state index in [0.717, 1.165) is 5.69 Å². The van der Waals surface area contributed by atoms with Crippen molar-refractivity contribution < 1.29 is 9.90 Å². The summed E-state index contributed by atoms with van der Waals surface area (Å²) in [5, 5.41) is 26.0. The quantitative estimate of drug-likeness (QED) is 0.479. The molecular weight excluding hydrogens is 344 g/mol. The number of nitrogens with zero attached hydrogens (tertiary/aromatic N) is 2. The van der Waals surface area contributed by atoms with E-state index in [4.69, 9.17) is 10.5 Å². The van der Waals surface area contributed by atoms with Crippen LogP contribution in [0.2, 0.25) is 0 Å². The standard InChI is InChI=1S/C19H24N6O2/c1-12(11-26)23-19(27)25-18(24-16-7-5-4-6-8-16)13(2)17(20)15-9-21-14(3)22-10-15/h4-10,12,20,24,26H,11H2,1-3H3,(H2,23,25,27)/b18-13+,20-17?/t12-/m1/s1. The molecule has 0 aliphatic carbocycles. The molecule has 5 N–H and O–H groups in total. The van der Waals surface area contributed by atoms with Gasteiger partial charge < -0.3 is 15.7 Å². The minimum atomic E-state index is -0.484. The minimum Gasteiger partial charge on any atom is -0.394 e. The van der Waals surface area contributed by atoms with Crippen molar-refractivity contribution in [2.24, 2.45) is 0 Å². The first-order valence-corrected chi connectivity index (χ1v) is 8.50. The molecule has 142 valence electrons. The highest BCUT2D eigenvalue weighted by atomic mass is 16.3. The van der Waals surface area contributed by atoms with Gasteiger partial charge in [0.05, 0.1) is 18.4 Å². The Balaban J connectivity index is 2.30. The van der Waals surface area contributed by atoms with Gasteiger partial charge in [-0.15, -0.1) is 0 Å². The Kier molecular flexibility index (Phi) is 7.01. The lowest BCUT2D eigenvalue weighted by molar-refractivity contribution is 0.222. The first-order chi connectivity index (χ1) is 12.9. The van der Waals surface area contributed by atoms with Crippen LogP contribution in [0.25, 0.3) is 0 Å². The third-order valence-electron chi connectivity index (χ3n) is 3.75. The Bertz CT molecular complexity index is 818. The summed E-state index contributed by atoms with van der Waals surface area (Å²) in [6.45, 7) is 5.01. The highest BCUT2D eigenvalue weighted by Crippen LogP contribution is 2.14. The Hall–Kier alpha value is -3.26. The fourth-order valence-electron chi connectivity index (χ4n) is 2.17. The lowest BCUT2D eigenvalue weighted by atomic mass is 10.1. The highest BCUT2D eigenvalue weighted by Gasteiger charge is 2.15. The van der Waals surface area contributed by atoms with Gasteiger partial charge in [-0.25, -0.2) is 14.8 Å². The molecule has 0 bridgehead atoms. The summed E-state index contributed by atoms with van der Waals surface area (Å²) >= 11 is 0. The average Bonchev–Trinajstić information content (AvgIpc) is 2.67. The van der Waals surface area contributed by atoms with Crippen molar-refractivity contribution in [1.29, 1.82) is 5.41 Å². The van der Waals surface area contributed by atoms with Crippen LogP contribution in [-0.4, -0.2) is 39.5 Å². The largest absolute Gasteiger partial charge is 0.394 e. The molecule has 27 heavy (non-hydrogen) atoms. The molecule has 0 radical (unpaired) electrons. The lowest BCUT2D eigenvalue weighted by Crippen LogP contribution is -2.43. The van der Waals surface area contributed by atoms with E-state index in [9.17, 15) is 4.79 Å². The minimum absolute atomic E-state index is 0.173. The zero-order valence-electron chi connectivity index (χ0n) is 15.6. The third-order valence-corrected chi connectivity index (χ3v) is 3.75. The number of hydrogen-bond donors (Lipinski definition) is 5. The predicted molar refractivity (Wildman–Crippen MR) is 105 cm³/mol. The van der Waals surface area contributed by atoms with E-state index in [1.54, 1.807) is 33.2 Å². The van der Waals surface area contributed by atoms with Crippen molar-refractivity contribution in [3.05, 3.63) is 65.5 Å². The number of aromatic nitrogens is 2. The molecule has 0 unspecified atom stereocenters. The highest BCUT2D eigenvalue weighted by molar-refractivity contribution is 6.10. The number of anilines is 1. The number of benzene rings is 1. The molecule has 1 aromatic carbocycles. The van der Waals surface area contributed by atoms with Gasteiger partial charge in [0.1, 0.15) is 11.6 Å². The van der Waals surface area contributed by atoms with Gasteiger partial charge in [-0.3, -0.25) is 10.7 Å². The van der Waals surface area contributed by atoms with Gasteiger partial charge in [0, 0.05) is 29.2 Å². The molecule has 0 spiro atoms. The fourth-order valence-corrected chi connectivity index (χ4v) is 2.17. The maximum absolute atomic E-state index is 12.2. The molecule has 1 atom stereocenters. The second-order valence-electron chi connectivity index (χ2n) is 6.07. The number of aryl methyl sites for hydroxylation is 1. The van der Waals surface area contributed by atoms with Gasteiger partial charge in [-0.1, -0.05) is 18.2 Å². The molecule has 1 heterocycles. The smallest absolute Gasteiger partial charge is 0.320 e. The molecule has 0 saturated carbocycles. The Morgan fingerprint density at radius 3 is 2.44 bits per heavy atom. The first kappa shape index (κ1) is 20.1. The van der Waals surface area contributed by atoms with Gasteiger partial charge in [-0.2, -0.15) is 0 Å². The molecule has 2 rings (SSSR count). The third kappa shape index (κ3) is 5.89. The van der Waals surface area contributed by atoms with Crippen molar-refractivity contribution >= 4 is 17.4 Å². The summed E-state index contributed by atoms with van der Waals surface area (Å²) in [5.41, 5.74) is 1.99. The second kappa shape index (κ2) is 9.44. The van der Waals surface area contributed by atoms with Gasteiger partial charge >= 0.3 is 6.03 Å². The van der Waals surface area contributed by atoms with Crippen LogP contribution in [0.5, 0.6) is 0 Å². The summed E-state index contributed by atoms with van der Waals surface area (Å²) in [7, 11) is 0. The number of aliphatic hydroxyl groups excluding tert-OH is 1. The van der Waals surface area contributed by atoms with E-state index in [1.807, 2.05) is 30.3 Å². The Morgan fingerprint density at radius 1 is 1.22 bits per heavy atom. The number of rotatable bonds is 7. The van der Waals surface area contributed by atoms with Crippen molar-refractivity contribution in [2.75, 3.05) is 11.9 Å². The number of carbonyl (C=O) groups is 1. The van der Waals surface area contributed by atoms with Crippen LogP contribution in [0.3, 0.4) is 0 Å². The predicted octanol–water partition coefficient (Wildman–Crippen LogP) is 2.18. The molecule has 0 aliphatic rings. The summed E-state index contributed by atoms with van der Waals surface area (Å²) in [4.78, 5) is 20.4. The van der Waals surface area contributed by atoms with Crippen LogP contribution in [0.4, 0.5) is 10.5 Å². The lowest BCUT2D eigenvalue weighted by Gasteiger charge is -2.18. The molecule has 8 nitrogen and oxygen atoms in total. The van der Waals surface area contributed by atoms with Crippen molar-refractivity contribution in [2.45, 2.75) is 26.8 Å². The van der Waals surface area contributed by atoms with E-state index >= 15 is 0 Å². The number of carbonyl (C=O) groups excluding carboxylic acids is 1. The van der Waals surface area contributed by atoms with Crippen molar-refractivity contribution in [3.8, 4) is 0 Å². The average molecular weight is 368 g/mol. The molecular formula is C19H24N6O2. The summed E-state index contributed by atoms with van der Waals surface area (Å²) in [6, 6.07) is 8.43. The number of para-hydroxylation sites is 1. The summed E-state index contributed by atoms with van der Waals surface area (Å²) in [6.07, 6.45) is 3.14. The van der Waals surface area contributed by atoms with Crippen LogP contribution in [0.1, 0.15) is 25.2 Å². The number of amides is 2. The molecule has 0 fully saturated rings. The van der Waals surface area contributed by atoms with Crippen molar-refractivity contribution in [3.63, 3.8) is 0 Å². The molecule has 1 aromatic heterocycles. The monoisotopic (exact) mass is 368 g/mol. The van der Waals surface area contributed by atoms with Crippen LogP contribution in [0, 0.1) is 12.3 Å². The number of nitrogens with one attached hydrogen (secondary N) is 4. The molecule has 0 aliphatic heterocycles. The van der Waals surface area contributed by atoms with E-state index in [0.29, 0.717) is 22.8 Å². The maximum atomic E-state index is 12.2. The van der Waals surface area contributed by atoms with Crippen LogP contribution in [-0.2, 0) is 0 Å². The van der Waals surface area contributed by atoms with Gasteiger partial charge in [-0.05, 0) is 32.9 Å². The van der Waals surface area contributed by atoms with E-state index in [1.165, 1.54) is 0 Å². The van der Waals surface area contributed by atoms with E-state index in [2.05, 4.69) is 25.9 Å². The van der Waals surface area contributed by atoms with Gasteiger partial charge in [0.2, 0.25) is 0 Å². The van der Waals surface area contributed by atoms with Crippen LogP contribution in [0.15, 0.2) is 54.1 Å². The normalized spacial score (nSPS) is 12.6. The zero-order chi connectivity index (χ0) is 19.8. The van der Waals surface area contributed by atoms with Crippen molar-refractivity contribution in [1.82, 2.24) is 20.6 Å². The SMILES string of the molecule is C/C(C(=N)c1cnc(C)nc1)=C(\NC(=O)N[C@H](C)CO)Nc1ccccc1. The zero-order valence-corrected chi connectivity index (χ0v) is 15.6. The summed E-state index contributed by atoms with van der Waals surface area (Å²) < 4.78 is 0. The maximum Gasteiger partial charge on any atom is 0.320 e. The Morgan fingerprint density at radius 2 is 1.85 bits per heavy atom. The number of aliphatic hydroxyl groups is 1. The number of urea groups is 1. The number of hydrogen-bond acceptors (Lipinski definition) is 6. The van der Waals surface area contributed by atoms with Crippen LogP contribution >= 0.6 is 0 Å². The van der Waals surface area contributed by atoms with Gasteiger partial charge in [0.15, 0.2) is 0 Å². The number of allylic oxidation sites excluding steroid dienone is 1. The summed E-state index contributed by atoms with van der Waals surface area (Å²) in [5.74, 6) is 0.973. The first-order valence-electron chi connectivity index (χ1n) is 8.50. The Labute approximate surface area is 158 Å². The fraction of sp³-hybridized carbons (Fsp3) is 0.263. The van der Waals surface area contributed by atoms with E-state index in [-0.39, 0.29) is 12.3 Å². The molecule has 2 aromatic rings. The van der Waals surface area contributed by atoms with Crippen LogP contribution < -0.4 is 16.0 Å². The van der Waals surface area contributed by atoms with Gasteiger partial charge in [0.25, 0.3) is 0 Å². The second-order valence-corrected chi connectivity index (χ2v) is 6.07.